The summed E-state index contributed by atoms with van der Waals surface area (Å²) in [6.45, 7) is 4.23. The first-order valence-corrected chi connectivity index (χ1v) is 9.12. The van der Waals surface area contributed by atoms with E-state index >= 15 is 0 Å². The van der Waals surface area contributed by atoms with Crippen molar-refractivity contribution in [2.24, 2.45) is 5.16 Å². The molecule has 3 aliphatic rings. The molecule has 0 unspecified atom stereocenters. The first-order valence-electron chi connectivity index (χ1n) is 9.12. The van der Waals surface area contributed by atoms with Gasteiger partial charge in [0.15, 0.2) is 6.10 Å². The molecule has 128 valence electrons. The van der Waals surface area contributed by atoms with E-state index in [2.05, 4.69) is 10.1 Å². The lowest BCUT2D eigenvalue weighted by Gasteiger charge is -2.28. The molecule has 4 rings (SSSR count). The third-order valence-electron chi connectivity index (χ3n) is 5.39. The standard InChI is InChI=1S/C19H25N3O2/c23-19(17-13-18(24-20-17)15-7-2-1-3-8-15)22-12-6-9-16(22)14-21-10-4-5-11-21/h1-3,7-8,16,18H,4-6,9-14H2/t16-,18-/m1/s1. The molecule has 0 aromatic heterocycles. The van der Waals surface area contributed by atoms with E-state index in [4.69, 9.17) is 4.84 Å². The number of hydrogen-bond donors (Lipinski definition) is 0. The van der Waals surface area contributed by atoms with Crippen LogP contribution in [0.25, 0.3) is 0 Å². The van der Waals surface area contributed by atoms with Gasteiger partial charge in [0.05, 0.1) is 0 Å². The lowest BCUT2D eigenvalue weighted by atomic mass is 10.0. The molecule has 2 atom stereocenters. The van der Waals surface area contributed by atoms with Gasteiger partial charge in [0, 0.05) is 25.6 Å². The number of rotatable bonds is 4. The zero-order chi connectivity index (χ0) is 16.4. The zero-order valence-corrected chi connectivity index (χ0v) is 14.1. The Kier molecular flexibility index (Phi) is 4.52. The van der Waals surface area contributed by atoms with Gasteiger partial charge in [-0.15, -0.1) is 0 Å². The summed E-state index contributed by atoms with van der Waals surface area (Å²) in [5.74, 6) is 0.0788. The molecule has 0 spiro atoms. The van der Waals surface area contributed by atoms with E-state index in [0.29, 0.717) is 18.2 Å². The predicted molar refractivity (Wildman–Crippen MR) is 92.7 cm³/mol. The molecule has 0 saturated carbocycles. The fourth-order valence-corrected chi connectivity index (χ4v) is 4.07. The van der Waals surface area contributed by atoms with Crippen LogP contribution in [0.2, 0.25) is 0 Å². The summed E-state index contributed by atoms with van der Waals surface area (Å²) in [6, 6.07) is 10.4. The molecule has 3 heterocycles. The number of carbonyl (C=O) groups excluding carboxylic acids is 1. The fourth-order valence-electron chi connectivity index (χ4n) is 4.07. The van der Waals surface area contributed by atoms with Crippen molar-refractivity contribution in [2.45, 2.75) is 44.2 Å². The average molecular weight is 327 g/mol. The molecule has 5 heteroatoms. The largest absolute Gasteiger partial charge is 0.387 e. The summed E-state index contributed by atoms with van der Waals surface area (Å²) in [4.78, 5) is 23.0. The van der Waals surface area contributed by atoms with Crippen molar-refractivity contribution in [2.75, 3.05) is 26.2 Å². The lowest BCUT2D eigenvalue weighted by Crippen LogP contribution is -2.45. The van der Waals surface area contributed by atoms with Crippen molar-refractivity contribution in [1.82, 2.24) is 9.80 Å². The van der Waals surface area contributed by atoms with Gasteiger partial charge in [-0.3, -0.25) is 4.79 Å². The number of likely N-dealkylation sites (tertiary alicyclic amines) is 2. The van der Waals surface area contributed by atoms with Gasteiger partial charge < -0.3 is 14.6 Å². The quantitative estimate of drug-likeness (QED) is 0.854. The highest BCUT2D eigenvalue weighted by molar-refractivity contribution is 6.39. The second-order valence-electron chi connectivity index (χ2n) is 7.05. The minimum atomic E-state index is -0.121. The maximum absolute atomic E-state index is 12.9. The Bertz CT molecular complexity index is 610. The molecule has 1 aromatic rings. The summed E-state index contributed by atoms with van der Waals surface area (Å²) in [6.07, 6.45) is 5.25. The van der Waals surface area contributed by atoms with Gasteiger partial charge in [0.1, 0.15) is 5.71 Å². The normalized spacial score (nSPS) is 27.3. The molecule has 24 heavy (non-hydrogen) atoms. The minimum Gasteiger partial charge on any atom is -0.387 e. The Hall–Kier alpha value is -1.88. The van der Waals surface area contributed by atoms with Gasteiger partial charge in [-0.1, -0.05) is 35.5 Å². The summed E-state index contributed by atoms with van der Waals surface area (Å²) < 4.78 is 0. The van der Waals surface area contributed by atoms with Gasteiger partial charge in [-0.2, -0.15) is 0 Å². The third-order valence-corrected chi connectivity index (χ3v) is 5.39. The van der Waals surface area contributed by atoms with Crippen LogP contribution in [0.1, 0.15) is 43.8 Å². The van der Waals surface area contributed by atoms with Crippen LogP contribution in [0.3, 0.4) is 0 Å². The number of amides is 1. The molecule has 5 nitrogen and oxygen atoms in total. The van der Waals surface area contributed by atoms with Crippen LogP contribution < -0.4 is 0 Å². The number of carbonyl (C=O) groups is 1. The molecule has 2 fully saturated rings. The van der Waals surface area contributed by atoms with Gasteiger partial charge in [-0.05, 0) is 44.3 Å². The number of nitrogens with zero attached hydrogens (tertiary/aromatic N) is 3. The van der Waals surface area contributed by atoms with Crippen LogP contribution in [0.4, 0.5) is 0 Å². The van der Waals surface area contributed by atoms with Crippen LogP contribution >= 0.6 is 0 Å². The van der Waals surface area contributed by atoms with Crippen molar-refractivity contribution < 1.29 is 9.63 Å². The number of oxime groups is 1. The van der Waals surface area contributed by atoms with E-state index in [1.165, 1.54) is 25.9 Å². The van der Waals surface area contributed by atoms with Gasteiger partial charge in [0.25, 0.3) is 5.91 Å². The maximum Gasteiger partial charge on any atom is 0.272 e. The van der Waals surface area contributed by atoms with Gasteiger partial charge in [0.2, 0.25) is 0 Å². The Morgan fingerprint density at radius 2 is 1.92 bits per heavy atom. The Morgan fingerprint density at radius 1 is 1.12 bits per heavy atom. The van der Waals surface area contributed by atoms with Crippen molar-refractivity contribution in [3.05, 3.63) is 35.9 Å². The molecule has 0 N–H and O–H groups in total. The summed E-state index contributed by atoms with van der Waals surface area (Å²) in [5.41, 5.74) is 1.66. The van der Waals surface area contributed by atoms with E-state index in [0.717, 1.165) is 31.5 Å². The average Bonchev–Trinajstić information content (AvgIpc) is 3.37. The Labute approximate surface area is 143 Å². The first kappa shape index (κ1) is 15.6. The topological polar surface area (TPSA) is 45.1 Å². The summed E-state index contributed by atoms with van der Waals surface area (Å²) in [5, 5.41) is 4.12. The molecule has 0 bridgehead atoms. The molecular formula is C19H25N3O2. The van der Waals surface area contributed by atoms with E-state index in [-0.39, 0.29) is 12.0 Å². The van der Waals surface area contributed by atoms with Crippen molar-refractivity contribution in [3.63, 3.8) is 0 Å². The van der Waals surface area contributed by atoms with Crippen molar-refractivity contribution >= 4 is 11.6 Å². The van der Waals surface area contributed by atoms with Crippen LogP contribution in [0, 0.1) is 0 Å². The third kappa shape index (κ3) is 3.18. The second-order valence-corrected chi connectivity index (χ2v) is 7.05. The molecule has 3 aliphatic heterocycles. The van der Waals surface area contributed by atoms with E-state index in [1.54, 1.807) is 0 Å². The Balaban J connectivity index is 1.38. The maximum atomic E-state index is 12.9. The molecule has 0 radical (unpaired) electrons. The second kappa shape index (κ2) is 6.93. The molecule has 1 amide bonds. The molecule has 2 saturated heterocycles. The van der Waals surface area contributed by atoms with Crippen LogP contribution in [-0.2, 0) is 9.63 Å². The number of hydrogen-bond acceptors (Lipinski definition) is 4. The lowest BCUT2D eigenvalue weighted by molar-refractivity contribution is -0.125. The van der Waals surface area contributed by atoms with E-state index in [1.807, 2.05) is 35.2 Å². The first-order chi connectivity index (χ1) is 11.8. The van der Waals surface area contributed by atoms with Gasteiger partial charge >= 0.3 is 0 Å². The SMILES string of the molecule is O=C(C1=NO[C@@H](c2ccccc2)C1)N1CCC[C@@H]1CN1CCCC1. The smallest absolute Gasteiger partial charge is 0.272 e. The zero-order valence-electron chi connectivity index (χ0n) is 14.1. The predicted octanol–water partition coefficient (Wildman–Crippen LogP) is 2.59. The highest BCUT2D eigenvalue weighted by Gasteiger charge is 2.36. The monoisotopic (exact) mass is 327 g/mol. The summed E-state index contributed by atoms with van der Waals surface area (Å²) in [7, 11) is 0. The van der Waals surface area contributed by atoms with E-state index < -0.39 is 0 Å². The van der Waals surface area contributed by atoms with Crippen molar-refractivity contribution in [1.29, 1.82) is 0 Å². The Morgan fingerprint density at radius 3 is 2.71 bits per heavy atom. The van der Waals surface area contributed by atoms with Gasteiger partial charge in [-0.25, -0.2) is 0 Å². The molecule has 1 aromatic carbocycles. The van der Waals surface area contributed by atoms with Crippen LogP contribution in [0.15, 0.2) is 35.5 Å². The highest BCUT2D eigenvalue weighted by atomic mass is 16.6. The summed E-state index contributed by atoms with van der Waals surface area (Å²) >= 11 is 0. The minimum absolute atomic E-state index is 0.0788. The highest BCUT2D eigenvalue weighted by Crippen LogP contribution is 2.29. The van der Waals surface area contributed by atoms with Crippen LogP contribution in [0.5, 0.6) is 0 Å². The van der Waals surface area contributed by atoms with E-state index in [9.17, 15) is 4.79 Å². The van der Waals surface area contributed by atoms with Crippen LogP contribution in [-0.4, -0.2) is 53.6 Å². The fraction of sp³-hybridized carbons (Fsp3) is 0.579. The van der Waals surface area contributed by atoms with Crippen molar-refractivity contribution in [3.8, 4) is 0 Å². The molecular weight excluding hydrogens is 302 g/mol. The number of benzene rings is 1. The molecule has 0 aliphatic carbocycles.